The number of benzene rings is 1. The van der Waals surface area contributed by atoms with Gasteiger partial charge in [0.2, 0.25) is 0 Å². The van der Waals surface area contributed by atoms with Crippen molar-refractivity contribution in [2.45, 2.75) is 31.1 Å². The van der Waals surface area contributed by atoms with Gasteiger partial charge in [-0.1, -0.05) is 30.7 Å². The van der Waals surface area contributed by atoms with Gasteiger partial charge in [-0.3, -0.25) is 0 Å². The summed E-state index contributed by atoms with van der Waals surface area (Å²) in [6.07, 6.45) is 3.99. The number of hydrogen-bond acceptors (Lipinski definition) is 1. The van der Waals surface area contributed by atoms with Crippen LogP contribution in [-0.4, -0.2) is 11.7 Å². The zero-order valence-corrected chi connectivity index (χ0v) is 8.32. The first-order valence-corrected chi connectivity index (χ1v) is 5.61. The highest BCUT2D eigenvalue weighted by atomic mass is 16.3. The normalized spacial score (nSPS) is 34.2. The zero-order valence-electron chi connectivity index (χ0n) is 8.32. The highest BCUT2D eigenvalue weighted by Gasteiger charge is 2.42. The number of rotatable bonds is 1. The summed E-state index contributed by atoms with van der Waals surface area (Å²) < 4.78 is 0. The van der Waals surface area contributed by atoms with Crippen LogP contribution in [0.3, 0.4) is 0 Å². The topological polar surface area (TPSA) is 20.2 Å². The van der Waals surface area contributed by atoms with E-state index in [1.807, 2.05) is 0 Å². The van der Waals surface area contributed by atoms with Gasteiger partial charge < -0.3 is 5.11 Å². The van der Waals surface area contributed by atoms with Crippen LogP contribution in [0.25, 0.3) is 0 Å². The molecular weight excluding hydrogens is 172 g/mol. The summed E-state index contributed by atoms with van der Waals surface area (Å²) in [5.41, 5.74) is 2.94. The maximum Gasteiger partial charge on any atom is 0.0502 e. The van der Waals surface area contributed by atoms with Crippen LogP contribution in [0, 0.1) is 5.92 Å². The third-order valence-corrected chi connectivity index (χ3v) is 4.08. The molecule has 0 spiro atoms. The molecule has 2 aliphatic carbocycles. The van der Waals surface area contributed by atoms with Gasteiger partial charge in [-0.25, -0.2) is 0 Å². The molecule has 0 bridgehead atoms. The number of aliphatic hydroxyl groups is 1. The van der Waals surface area contributed by atoms with E-state index in [0.717, 1.165) is 11.8 Å². The molecule has 3 rings (SSSR count). The van der Waals surface area contributed by atoms with Gasteiger partial charge in [-0.15, -0.1) is 0 Å². The van der Waals surface area contributed by atoms with Crippen molar-refractivity contribution in [2.24, 2.45) is 5.92 Å². The van der Waals surface area contributed by atoms with Gasteiger partial charge in [0, 0.05) is 5.92 Å². The second kappa shape index (κ2) is 3.09. The van der Waals surface area contributed by atoms with Crippen LogP contribution in [0.15, 0.2) is 24.3 Å². The molecule has 0 heterocycles. The fraction of sp³-hybridized carbons (Fsp3) is 0.538. The Balaban J connectivity index is 2.09. The quantitative estimate of drug-likeness (QED) is 0.718. The molecule has 1 N–H and O–H groups in total. The van der Waals surface area contributed by atoms with Crippen LogP contribution in [0.4, 0.5) is 0 Å². The lowest BCUT2D eigenvalue weighted by Gasteiger charge is -2.16. The first-order chi connectivity index (χ1) is 6.92. The smallest absolute Gasteiger partial charge is 0.0502 e. The predicted octanol–water partition coefficient (Wildman–Crippen LogP) is 2.66. The highest BCUT2D eigenvalue weighted by Crippen LogP contribution is 2.54. The lowest BCUT2D eigenvalue weighted by Crippen LogP contribution is -2.10. The van der Waals surface area contributed by atoms with E-state index in [9.17, 15) is 5.11 Å². The summed E-state index contributed by atoms with van der Waals surface area (Å²) in [4.78, 5) is 0. The van der Waals surface area contributed by atoms with Crippen molar-refractivity contribution in [1.82, 2.24) is 0 Å². The average molecular weight is 188 g/mol. The Kier molecular flexibility index (Phi) is 1.88. The minimum absolute atomic E-state index is 0.332. The lowest BCUT2D eigenvalue weighted by atomic mass is 9.90. The standard InChI is InChI=1S/C13H16O/c14-8-13-11-5-2-1-4-9(11)10-6-3-7-12(10)13/h1-2,4-5,10,12-14H,3,6-8H2/t10-,12-,13+/m0/s1. The van der Waals surface area contributed by atoms with Crippen molar-refractivity contribution in [3.63, 3.8) is 0 Å². The van der Waals surface area contributed by atoms with Crippen molar-refractivity contribution in [1.29, 1.82) is 0 Å². The molecule has 0 amide bonds. The molecule has 0 radical (unpaired) electrons. The van der Waals surface area contributed by atoms with Crippen LogP contribution in [-0.2, 0) is 0 Å². The molecule has 1 aromatic carbocycles. The Morgan fingerprint density at radius 2 is 1.93 bits per heavy atom. The van der Waals surface area contributed by atoms with E-state index in [2.05, 4.69) is 24.3 Å². The minimum atomic E-state index is 0.332. The van der Waals surface area contributed by atoms with Crippen molar-refractivity contribution < 1.29 is 5.11 Å². The summed E-state index contributed by atoms with van der Waals surface area (Å²) in [6, 6.07) is 8.69. The van der Waals surface area contributed by atoms with Gasteiger partial charge in [-0.2, -0.15) is 0 Å². The van der Waals surface area contributed by atoms with E-state index in [1.165, 1.54) is 30.4 Å². The largest absolute Gasteiger partial charge is 0.396 e. The van der Waals surface area contributed by atoms with Crippen LogP contribution < -0.4 is 0 Å². The number of fused-ring (bicyclic) bond motifs is 3. The Morgan fingerprint density at radius 3 is 2.71 bits per heavy atom. The molecular formula is C13H16O. The molecule has 0 saturated heterocycles. The van der Waals surface area contributed by atoms with Crippen LogP contribution in [0.1, 0.15) is 42.2 Å². The molecule has 2 aliphatic rings. The maximum atomic E-state index is 9.46. The molecule has 0 aliphatic heterocycles. The lowest BCUT2D eigenvalue weighted by molar-refractivity contribution is 0.230. The number of aliphatic hydroxyl groups excluding tert-OH is 1. The summed E-state index contributed by atoms with van der Waals surface area (Å²) in [6.45, 7) is 0.332. The highest BCUT2D eigenvalue weighted by molar-refractivity contribution is 5.40. The van der Waals surface area contributed by atoms with E-state index < -0.39 is 0 Å². The third kappa shape index (κ3) is 0.992. The van der Waals surface area contributed by atoms with E-state index in [-0.39, 0.29) is 0 Å². The third-order valence-electron chi connectivity index (χ3n) is 4.08. The Morgan fingerprint density at radius 1 is 1.14 bits per heavy atom. The van der Waals surface area contributed by atoms with Crippen molar-refractivity contribution in [3.05, 3.63) is 35.4 Å². The molecule has 0 unspecified atom stereocenters. The molecule has 1 fully saturated rings. The monoisotopic (exact) mass is 188 g/mol. The summed E-state index contributed by atoms with van der Waals surface area (Å²) in [5.74, 6) is 1.92. The minimum Gasteiger partial charge on any atom is -0.396 e. The summed E-state index contributed by atoms with van der Waals surface area (Å²) >= 11 is 0. The van der Waals surface area contributed by atoms with Crippen molar-refractivity contribution >= 4 is 0 Å². The molecule has 74 valence electrons. The predicted molar refractivity (Wildman–Crippen MR) is 56.4 cm³/mol. The van der Waals surface area contributed by atoms with Gasteiger partial charge in [-0.05, 0) is 35.8 Å². The van der Waals surface area contributed by atoms with Crippen LogP contribution >= 0.6 is 0 Å². The van der Waals surface area contributed by atoms with E-state index in [0.29, 0.717) is 12.5 Å². The van der Waals surface area contributed by atoms with Gasteiger partial charge in [0.15, 0.2) is 0 Å². The van der Waals surface area contributed by atoms with Crippen molar-refractivity contribution in [3.8, 4) is 0 Å². The fourth-order valence-electron chi connectivity index (χ4n) is 3.51. The van der Waals surface area contributed by atoms with Gasteiger partial charge in [0.1, 0.15) is 0 Å². The van der Waals surface area contributed by atoms with Crippen LogP contribution in [0.2, 0.25) is 0 Å². The Labute approximate surface area is 84.8 Å². The second-order valence-electron chi connectivity index (χ2n) is 4.62. The van der Waals surface area contributed by atoms with Gasteiger partial charge in [0.05, 0.1) is 6.61 Å². The maximum absolute atomic E-state index is 9.46. The van der Waals surface area contributed by atoms with Gasteiger partial charge >= 0.3 is 0 Å². The molecule has 1 heteroatoms. The average Bonchev–Trinajstić information content (AvgIpc) is 2.77. The van der Waals surface area contributed by atoms with Crippen LogP contribution in [0.5, 0.6) is 0 Å². The first kappa shape index (κ1) is 8.49. The zero-order chi connectivity index (χ0) is 9.54. The molecule has 14 heavy (non-hydrogen) atoms. The summed E-state index contributed by atoms with van der Waals surface area (Å²) in [5, 5.41) is 9.46. The van der Waals surface area contributed by atoms with Crippen molar-refractivity contribution in [2.75, 3.05) is 6.61 Å². The van der Waals surface area contributed by atoms with E-state index >= 15 is 0 Å². The van der Waals surface area contributed by atoms with E-state index in [1.54, 1.807) is 0 Å². The van der Waals surface area contributed by atoms with E-state index in [4.69, 9.17) is 0 Å². The molecule has 1 aromatic rings. The molecule has 1 nitrogen and oxygen atoms in total. The van der Waals surface area contributed by atoms with Gasteiger partial charge in [0.25, 0.3) is 0 Å². The SMILES string of the molecule is OC[C@@H]1c2ccccc2[C@@H]2CCC[C@H]12. The number of hydrogen-bond donors (Lipinski definition) is 1. The summed E-state index contributed by atoms with van der Waals surface area (Å²) in [7, 11) is 0. The Bertz CT molecular complexity index is 330. The first-order valence-electron chi connectivity index (χ1n) is 5.61. The fourth-order valence-corrected chi connectivity index (χ4v) is 3.51. The molecule has 3 atom stereocenters. The molecule has 1 saturated carbocycles. The second-order valence-corrected chi connectivity index (χ2v) is 4.62. The Hall–Kier alpha value is -0.820. The molecule has 0 aromatic heterocycles.